The van der Waals surface area contributed by atoms with Gasteiger partial charge in [0.2, 0.25) is 0 Å². The van der Waals surface area contributed by atoms with Gasteiger partial charge in [-0.2, -0.15) is 5.26 Å². The molecule has 0 aliphatic heterocycles. The molecule has 9 heteroatoms. The maximum atomic E-state index is 14.7. The fraction of sp³-hybridized carbons (Fsp3) is 0.370. The molecule has 0 spiro atoms. The van der Waals surface area contributed by atoms with Crippen LogP contribution in [0.2, 0.25) is 0 Å². The molecule has 0 saturated carbocycles. The molecule has 0 bridgehead atoms. The first-order valence-electron chi connectivity index (χ1n) is 11.3. The largest absolute Gasteiger partial charge is 0.491 e. The molecule has 36 heavy (non-hydrogen) atoms. The third-order valence-electron chi connectivity index (χ3n) is 4.68. The number of methoxy groups -OCH3 is 1. The summed E-state index contributed by atoms with van der Waals surface area (Å²) in [4.78, 5) is 12.2. The van der Waals surface area contributed by atoms with E-state index in [1.165, 1.54) is 6.07 Å². The van der Waals surface area contributed by atoms with Crippen molar-refractivity contribution >= 4 is 35.8 Å². The zero-order valence-corrected chi connectivity index (χ0v) is 21.6. The Balaban J connectivity index is 0.000000941. The van der Waals surface area contributed by atoms with E-state index in [0.29, 0.717) is 42.6 Å². The number of nitrogens with zero attached hydrogens (tertiary/aromatic N) is 2. The van der Waals surface area contributed by atoms with Crippen molar-refractivity contribution in [2.45, 2.75) is 33.6 Å². The number of rotatable bonds is 11. The van der Waals surface area contributed by atoms with Crippen LogP contribution in [0.1, 0.15) is 39.2 Å². The quantitative estimate of drug-likeness (QED) is 0.216. The summed E-state index contributed by atoms with van der Waals surface area (Å²) in [5, 5.41) is 11.6. The van der Waals surface area contributed by atoms with Crippen LogP contribution < -0.4 is 21.5 Å². The van der Waals surface area contributed by atoms with Crippen LogP contribution in [0.3, 0.4) is 0 Å². The lowest BCUT2D eigenvalue weighted by molar-refractivity contribution is -0.0980. The van der Waals surface area contributed by atoms with Crippen molar-refractivity contribution < 1.29 is 18.7 Å². The van der Waals surface area contributed by atoms with Crippen LogP contribution in [0.15, 0.2) is 48.0 Å². The summed E-state index contributed by atoms with van der Waals surface area (Å²) in [6, 6.07) is 12.3. The molecular weight excluding hydrogens is 461 g/mol. The van der Waals surface area contributed by atoms with Crippen LogP contribution in [0.5, 0.6) is 5.75 Å². The number of nitrogens with one attached hydrogen (secondary N) is 1. The number of hydrogen-bond acceptors (Lipinski definition) is 8. The van der Waals surface area contributed by atoms with Gasteiger partial charge in [-0.05, 0) is 64.4 Å². The average molecular weight is 500 g/mol. The Labute approximate surface area is 213 Å². The maximum Gasteiger partial charge on any atom is 0.138 e. The molecule has 2 rings (SSSR count). The number of carbonyl (C=O) groups is 1. The number of ether oxygens (including phenoxy) is 2. The van der Waals surface area contributed by atoms with Gasteiger partial charge in [0.15, 0.2) is 0 Å². The van der Waals surface area contributed by atoms with Crippen molar-refractivity contribution in [3.63, 3.8) is 0 Å². The predicted octanol–water partition coefficient (Wildman–Crippen LogP) is 5.33. The summed E-state index contributed by atoms with van der Waals surface area (Å²) in [7, 11) is 1.58. The van der Waals surface area contributed by atoms with E-state index in [2.05, 4.69) is 23.0 Å². The van der Waals surface area contributed by atoms with Crippen LogP contribution >= 0.6 is 0 Å². The predicted molar refractivity (Wildman–Crippen MR) is 146 cm³/mol. The molecule has 2 aromatic rings. The molecule has 0 aromatic heterocycles. The van der Waals surface area contributed by atoms with Crippen LogP contribution in [-0.4, -0.2) is 39.9 Å². The normalized spacial score (nSPS) is 10.4. The molecule has 0 saturated heterocycles. The standard InChI is InChI=1S/C19H22FN3O2.C7H14N2.CH2O/c1-4-22-18-12-16(25-10-9-24-3)11-17(20)19(18)13(2)23-15-7-5-14(21)6-8-15;1-7(2,6-9)4-3-5-8;1-2/h4-8,11-12,23H,2,9-10,21H2,1,3H3;3-5,8H2,1-2H3;1H2. The molecular formula is C27H38FN5O3. The van der Waals surface area contributed by atoms with Crippen molar-refractivity contribution in [2.75, 3.05) is 37.9 Å². The molecule has 0 atom stereocenters. The van der Waals surface area contributed by atoms with E-state index in [-0.39, 0.29) is 11.0 Å². The van der Waals surface area contributed by atoms with Gasteiger partial charge in [0, 0.05) is 42.5 Å². The fourth-order valence-electron chi connectivity index (χ4n) is 2.84. The number of benzene rings is 2. The van der Waals surface area contributed by atoms with Gasteiger partial charge < -0.3 is 31.1 Å². The van der Waals surface area contributed by atoms with Gasteiger partial charge in [-0.3, -0.25) is 4.99 Å². The van der Waals surface area contributed by atoms with Crippen molar-refractivity contribution in [3.8, 4) is 11.8 Å². The van der Waals surface area contributed by atoms with Crippen molar-refractivity contribution in [1.29, 1.82) is 5.26 Å². The monoisotopic (exact) mass is 499 g/mol. The third-order valence-corrected chi connectivity index (χ3v) is 4.68. The summed E-state index contributed by atoms with van der Waals surface area (Å²) < 4.78 is 25.1. The van der Waals surface area contributed by atoms with Crippen LogP contribution in [0.4, 0.5) is 21.5 Å². The first kappa shape index (κ1) is 32.3. The zero-order chi connectivity index (χ0) is 27.6. The minimum atomic E-state index is -0.469. The highest BCUT2D eigenvalue weighted by Crippen LogP contribution is 2.33. The van der Waals surface area contributed by atoms with E-state index in [4.69, 9.17) is 31.0 Å². The summed E-state index contributed by atoms with van der Waals surface area (Å²) in [5.74, 6) is -0.0809. The van der Waals surface area contributed by atoms with Crippen LogP contribution in [-0.2, 0) is 9.53 Å². The Morgan fingerprint density at radius 1 is 1.25 bits per heavy atom. The van der Waals surface area contributed by atoms with Crippen molar-refractivity contribution in [2.24, 2.45) is 16.1 Å². The van der Waals surface area contributed by atoms with Gasteiger partial charge in [-0.15, -0.1) is 0 Å². The Morgan fingerprint density at radius 2 is 1.89 bits per heavy atom. The Bertz CT molecular complexity index is 1000. The summed E-state index contributed by atoms with van der Waals surface area (Å²) in [6.45, 7) is 13.0. The molecule has 0 unspecified atom stereocenters. The fourth-order valence-corrected chi connectivity index (χ4v) is 2.84. The average Bonchev–Trinajstić information content (AvgIpc) is 2.86. The number of nitriles is 1. The zero-order valence-electron chi connectivity index (χ0n) is 21.6. The highest BCUT2D eigenvalue weighted by Gasteiger charge is 2.15. The smallest absolute Gasteiger partial charge is 0.138 e. The van der Waals surface area contributed by atoms with Crippen molar-refractivity contribution in [3.05, 3.63) is 54.4 Å². The van der Waals surface area contributed by atoms with Gasteiger partial charge in [0.05, 0.1) is 29.3 Å². The second-order valence-electron chi connectivity index (χ2n) is 8.14. The molecule has 0 amide bonds. The Hall–Kier alpha value is -3.74. The van der Waals surface area contributed by atoms with Gasteiger partial charge in [0.1, 0.15) is 25.0 Å². The Kier molecular flexibility index (Phi) is 15.8. The number of halogens is 1. The van der Waals surface area contributed by atoms with E-state index in [1.807, 2.05) is 20.6 Å². The van der Waals surface area contributed by atoms with E-state index in [0.717, 1.165) is 18.5 Å². The first-order valence-corrected chi connectivity index (χ1v) is 11.3. The lowest BCUT2D eigenvalue weighted by atomic mass is 9.90. The molecule has 5 N–H and O–H groups in total. The number of anilines is 2. The molecule has 196 valence electrons. The van der Waals surface area contributed by atoms with Gasteiger partial charge in [-0.25, -0.2) is 4.39 Å². The minimum absolute atomic E-state index is 0.181. The van der Waals surface area contributed by atoms with Crippen molar-refractivity contribution in [1.82, 2.24) is 0 Å². The number of nitrogen functional groups attached to an aromatic ring is 1. The SMILES string of the molecule is C=C(Nc1ccc(N)cc1)c1c(F)cc(OCCOC)cc1N=CC.C=O.CC(C)(C#N)CCCN. The van der Waals surface area contributed by atoms with Gasteiger partial charge in [-0.1, -0.05) is 6.58 Å². The van der Waals surface area contributed by atoms with E-state index in [9.17, 15) is 4.39 Å². The number of nitrogens with two attached hydrogens (primary N) is 2. The van der Waals surface area contributed by atoms with E-state index < -0.39 is 5.82 Å². The molecule has 0 aliphatic carbocycles. The molecule has 0 heterocycles. The minimum Gasteiger partial charge on any atom is -0.491 e. The second-order valence-corrected chi connectivity index (χ2v) is 8.14. The molecule has 0 radical (unpaired) electrons. The van der Waals surface area contributed by atoms with E-state index >= 15 is 0 Å². The van der Waals surface area contributed by atoms with Crippen LogP contribution in [0.25, 0.3) is 5.70 Å². The molecule has 0 aliphatic rings. The topological polar surface area (TPSA) is 136 Å². The lowest BCUT2D eigenvalue weighted by Crippen LogP contribution is -2.10. The summed E-state index contributed by atoms with van der Waals surface area (Å²) in [5.41, 5.74) is 13.3. The Morgan fingerprint density at radius 3 is 2.42 bits per heavy atom. The third kappa shape index (κ3) is 12.1. The maximum absolute atomic E-state index is 14.7. The lowest BCUT2D eigenvalue weighted by Gasteiger charge is -2.15. The number of carbonyl (C=O) groups excluding carboxylic acids is 1. The number of aliphatic imine (C=N–C) groups is 1. The number of hydrogen-bond donors (Lipinski definition) is 3. The molecule has 0 fully saturated rings. The highest BCUT2D eigenvalue weighted by molar-refractivity contribution is 5.83. The molecule has 2 aromatic carbocycles. The molecule has 8 nitrogen and oxygen atoms in total. The van der Waals surface area contributed by atoms with Gasteiger partial charge >= 0.3 is 0 Å². The van der Waals surface area contributed by atoms with E-state index in [1.54, 1.807) is 50.6 Å². The van der Waals surface area contributed by atoms with Gasteiger partial charge in [0.25, 0.3) is 0 Å². The summed E-state index contributed by atoms with van der Waals surface area (Å²) >= 11 is 0. The highest BCUT2D eigenvalue weighted by atomic mass is 19.1. The van der Waals surface area contributed by atoms with Crippen LogP contribution in [0, 0.1) is 22.6 Å². The first-order chi connectivity index (χ1) is 17.2. The summed E-state index contributed by atoms with van der Waals surface area (Å²) in [6.07, 6.45) is 3.44. The second kappa shape index (κ2) is 17.7.